The number of aromatic nitrogens is 3. The van der Waals surface area contributed by atoms with Crippen molar-refractivity contribution in [1.82, 2.24) is 20.5 Å². The van der Waals surface area contributed by atoms with Crippen molar-refractivity contribution in [1.29, 1.82) is 0 Å². The molecule has 9 nitrogen and oxygen atoms in total. The Bertz CT molecular complexity index is 858. The lowest BCUT2D eigenvalue weighted by molar-refractivity contribution is 0.0981. The number of rotatable bonds is 7. The minimum absolute atomic E-state index is 0.0649. The van der Waals surface area contributed by atoms with E-state index in [9.17, 15) is 4.79 Å². The van der Waals surface area contributed by atoms with Gasteiger partial charge in [0.25, 0.3) is 0 Å². The maximum Gasteiger partial charge on any atom is 0.407 e. The summed E-state index contributed by atoms with van der Waals surface area (Å²) in [5.41, 5.74) is 7.11. The summed E-state index contributed by atoms with van der Waals surface area (Å²) in [6.07, 6.45) is 8.50. The summed E-state index contributed by atoms with van der Waals surface area (Å²) in [5, 5.41) is 13.4. The summed E-state index contributed by atoms with van der Waals surface area (Å²) in [5.74, 6) is 1.60. The molecule has 0 radical (unpaired) electrons. The number of aliphatic imine (C=N–C) groups is 1. The first kappa shape index (κ1) is 20.4. The van der Waals surface area contributed by atoms with E-state index in [0.717, 1.165) is 30.6 Å². The van der Waals surface area contributed by atoms with Crippen LogP contribution < -0.4 is 16.4 Å². The molecule has 0 aromatic carbocycles. The first-order valence-corrected chi connectivity index (χ1v) is 9.70. The maximum atomic E-state index is 11.8. The molecular weight excluding hydrogens is 370 g/mol. The minimum atomic E-state index is -0.350. The standard InChI is InChI=1S/C20H27N7O2/c1-13(2)24-20(28)29-16-6-4-14(10-16)17-11-19(27-26-17)25-15-5-7-18(23-12-15)22-9-3-8-21/h3,5,7-9,11-14,16H,4,6,10,21H2,1-2H3,(H,24,28)(H2,25,26,27)/b8-3-,22-9?. The van der Waals surface area contributed by atoms with Crippen LogP contribution in [0.3, 0.4) is 0 Å². The van der Waals surface area contributed by atoms with Gasteiger partial charge in [-0.3, -0.25) is 5.10 Å². The fourth-order valence-corrected chi connectivity index (χ4v) is 3.21. The van der Waals surface area contributed by atoms with Crippen molar-refractivity contribution in [3.05, 3.63) is 42.4 Å². The van der Waals surface area contributed by atoms with Gasteiger partial charge in [0, 0.05) is 29.9 Å². The largest absolute Gasteiger partial charge is 0.446 e. The number of ether oxygens (including phenoxy) is 1. The molecule has 1 aliphatic rings. The van der Waals surface area contributed by atoms with Crippen LogP contribution >= 0.6 is 0 Å². The molecule has 9 heteroatoms. The van der Waals surface area contributed by atoms with Gasteiger partial charge in [0.15, 0.2) is 11.6 Å². The number of anilines is 2. The monoisotopic (exact) mass is 397 g/mol. The normalized spacial score (nSPS) is 19.3. The molecular formula is C20H27N7O2. The Labute approximate surface area is 169 Å². The number of nitrogens with zero attached hydrogens (tertiary/aromatic N) is 3. The Morgan fingerprint density at radius 2 is 2.28 bits per heavy atom. The van der Waals surface area contributed by atoms with Crippen molar-refractivity contribution in [3.8, 4) is 0 Å². The first-order valence-electron chi connectivity index (χ1n) is 9.70. The van der Waals surface area contributed by atoms with Crippen molar-refractivity contribution in [2.45, 2.75) is 51.2 Å². The van der Waals surface area contributed by atoms with Crippen molar-refractivity contribution in [3.63, 3.8) is 0 Å². The minimum Gasteiger partial charge on any atom is -0.446 e. The maximum absolute atomic E-state index is 11.8. The number of carbonyl (C=O) groups excluding carboxylic acids is 1. The molecule has 0 bridgehead atoms. The molecule has 1 aliphatic carbocycles. The van der Waals surface area contributed by atoms with E-state index in [1.165, 1.54) is 6.20 Å². The molecule has 1 fully saturated rings. The number of aromatic amines is 1. The van der Waals surface area contributed by atoms with E-state index in [4.69, 9.17) is 10.5 Å². The zero-order valence-corrected chi connectivity index (χ0v) is 16.6. The second kappa shape index (κ2) is 9.72. The van der Waals surface area contributed by atoms with E-state index in [1.807, 2.05) is 26.0 Å². The van der Waals surface area contributed by atoms with Gasteiger partial charge in [-0.1, -0.05) is 0 Å². The zero-order chi connectivity index (χ0) is 20.6. The number of allylic oxidation sites excluding steroid dienone is 1. The average molecular weight is 397 g/mol. The number of hydrogen-bond acceptors (Lipinski definition) is 7. The van der Waals surface area contributed by atoms with Gasteiger partial charge in [0.1, 0.15) is 6.10 Å². The highest BCUT2D eigenvalue weighted by Gasteiger charge is 2.30. The van der Waals surface area contributed by atoms with Crippen LogP contribution in [-0.4, -0.2) is 39.6 Å². The van der Waals surface area contributed by atoms with Crippen LogP contribution in [0.4, 0.5) is 22.1 Å². The fraction of sp³-hybridized carbons (Fsp3) is 0.400. The quantitative estimate of drug-likeness (QED) is 0.529. The Hall–Kier alpha value is -3.36. The SMILES string of the molecule is CC(C)NC(=O)OC1CCC(c2cc(Nc3ccc(N=C/C=C\N)nc3)n[nH]2)C1. The summed E-state index contributed by atoms with van der Waals surface area (Å²) in [6.45, 7) is 3.82. The number of nitrogens with one attached hydrogen (secondary N) is 3. The number of H-pyrrole nitrogens is 1. The zero-order valence-electron chi connectivity index (χ0n) is 16.6. The molecule has 2 aromatic rings. The van der Waals surface area contributed by atoms with E-state index in [-0.39, 0.29) is 18.2 Å². The highest BCUT2D eigenvalue weighted by Crippen LogP contribution is 2.36. The molecule has 2 unspecified atom stereocenters. The molecule has 0 saturated heterocycles. The molecule has 29 heavy (non-hydrogen) atoms. The fourth-order valence-electron chi connectivity index (χ4n) is 3.21. The van der Waals surface area contributed by atoms with Gasteiger partial charge >= 0.3 is 6.09 Å². The molecule has 1 saturated carbocycles. The second-order valence-electron chi connectivity index (χ2n) is 7.24. The van der Waals surface area contributed by atoms with Crippen LogP contribution in [0, 0.1) is 0 Å². The first-order chi connectivity index (χ1) is 14.0. The van der Waals surface area contributed by atoms with Crippen molar-refractivity contribution < 1.29 is 9.53 Å². The van der Waals surface area contributed by atoms with Gasteiger partial charge in [-0.05, 0) is 57.5 Å². The Morgan fingerprint density at radius 1 is 1.41 bits per heavy atom. The Kier molecular flexibility index (Phi) is 6.83. The summed E-state index contributed by atoms with van der Waals surface area (Å²) < 4.78 is 5.49. The molecule has 2 atom stereocenters. The molecule has 5 N–H and O–H groups in total. The van der Waals surface area contributed by atoms with E-state index >= 15 is 0 Å². The highest BCUT2D eigenvalue weighted by atomic mass is 16.6. The van der Waals surface area contributed by atoms with E-state index < -0.39 is 0 Å². The van der Waals surface area contributed by atoms with Gasteiger partial charge < -0.3 is 21.1 Å². The van der Waals surface area contributed by atoms with Gasteiger partial charge in [-0.2, -0.15) is 5.10 Å². The predicted molar refractivity (Wildman–Crippen MR) is 113 cm³/mol. The van der Waals surface area contributed by atoms with Gasteiger partial charge in [-0.25, -0.2) is 14.8 Å². The molecule has 2 aromatic heterocycles. The van der Waals surface area contributed by atoms with Gasteiger partial charge in [0.05, 0.1) is 11.9 Å². The molecule has 154 valence electrons. The number of amides is 1. The third-order valence-electron chi connectivity index (χ3n) is 4.53. The van der Waals surface area contributed by atoms with Crippen molar-refractivity contribution in [2.75, 3.05) is 5.32 Å². The van der Waals surface area contributed by atoms with Crippen molar-refractivity contribution in [2.24, 2.45) is 10.7 Å². The lowest BCUT2D eigenvalue weighted by atomic mass is 10.0. The summed E-state index contributed by atoms with van der Waals surface area (Å²) in [4.78, 5) is 20.2. The smallest absolute Gasteiger partial charge is 0.407 e. The van der Waals surface area contributed by atoms with Crippen LogP contribution in [0.15, 0.2) is 41.7 Å². The van der Waals surface area contributed by atoms with Crippen LogP contribution in [-0.2, 0) is 4.74 Å². The molecule has 1 amide bonds. The Morgan fingerprint density at radius 3 is 3.00 bits per heavy atom. The number of hydrogen-bond donors (Lipinski definition) is 4. The third-order valence-corrected chi connectivity index (χ3v) is 4.53. The van der Waals surface area contributed by atoms with Gasteiger partial charge in [-0.15, -0.1) is 0 Å². The number of pyridine rings is 1. The van der Waals surface area contributed by atoms with E-state index in [0.29, 0.717) is 17.6 Å². The molecule has 3 rings (SSSR count). The summed E-state index contributed by atoms with van der Waals surface area (Å²) >= 11 is 0. The lowest BCUT2D eigenvalue weighted by Gasteiger charge is -2.14. The van der Waals surface area contributed by atoms with Crippen LogP contribution in [0.1, 0.15) is 44.7 Å². The van der Waals surface area contributed by atoms with Crippen molar-refractivity contribution >= 4 is 29.6 Å². The molecule has 0 aliphatic heterocycles. The number of carbonyl (C=O) groups is 1. The average Bonchev–Trinajstić information content (AvgIpc) is 3.32. The topological polar surface area (TPSA) is 130 Å². The number of nitrogens with two attached hydrogens (primary N) is 1. The summed E-state index contributed by atoms with van der Waals surface area (Å²) in [7, 11) is 0. The van der Waals surface area contributed by atoms with E-state index in [1.54, 1.807) is 24.6 Å². The van der Waals surface area contributed by atoms with Crippen LogP contribution in [0.5, 0.6) is 0 Å². The molecule has 2 heterocycles. The van der Waals surface area contributed by atoms with Crippen LogP contribution in [0.25, 0.3) is 0 Å². The molecule has 0 spiro atoms. The van der Waals surface area contributed by atoms with Crippen LogP contribution in [0.2, 0.25) is 0 Å². The van der Waals surface area contributed by atoms with E-state index in [2.05, 4.69) is 30.8 Å². The van der Waals surface area contributed by atoms with Gasteiger partial charge in [0.2, 0.25) is 0 Å². The lowest BCUT2D eigenvalue weighted by Crippen LogP contribution is -2.33. The second-order valence-corrected chi connectivity index (χ2v) is 7.24. The predicted octanol–water partition coefficient (Wildman–Crippen LogP) is 3.49. The Balaban J connectivity index is 1.52. The highest BCUT2D eigenvalue weighted by molar-refractivity contribution is 5.73. The number of alkyl carbamates (subject to hydrolysis) is 1. The summed E-state index contributed by atoms with van der Waals surface area (Å²) in [6, 6.07) is 5.74. The third kappa shape index (κ3) is 6.06.